The van der Waals surface area contributed by atoms with E-state index in [-0.39, 0.29) is 0 Å². The van der Waals surface area contributed by atoms with Crippen molar-refractivity contribution in [2.24, 2.45) is 0 Å². The Morgan fingerprint density at radius 3 is 2.20 bits per heavy atom. The molecule has 0 saturated carbocycles. The molecule has 1 heterocycles. The van der Waals surface area contributed by atoms with Gasteiger partial charge in [-0.25, -0.2) is 0 Å². The molecule has 10 heavy (non-hydrogen) atoms. The van der Waals surface area contributed by atoms with Crippen molar-refractivity contribution in [1.82, 2.24) is 4.90 Å². The zero-order valence-electron chi connectivity index (χ0n) is 6.32. The molecule has 0 amide bonds. The smallest absolute Gasteiger partial charge is 0.109 e. The molecule has 0 bridgehead atoms. The highest BCUT2D eigenvalue weighted by Crippen LogP contribution is 2.19. The van der Waals surface area contributed by atoms with Crippen LogP contribution in [0, 0.1) is 0 Å². The summed E-state index contributed by atoms with van der Waals surface area (Å²) in [5, 5.41) is 18.5. The first kappa shape index (κ1) is 7.98. The van der Waals surface area contributed by atoms with Crippen molar-refractivity contribution in [3.05, 3.63) is 0 Å². The van der Waals surface area contributed by atoms with Gasteiger partial charge in [-0.05, 0) is 19.3 Å². The fourth-order valence-corrected chi connectivity index (χ4v) is 1.38. The van der Waals surface area contributed by atoms with Crippen LogP contribution in [-0.4, -0.2) is 34.1 Å². The van der Waals surface area contributed by atoms with Crippen LogP contribution in [0.2, 0.25) is 0 Å². The Morgan fingerprint density at radius 1 is 1.30 bits per heavy atom. The van der Waals surface area contributed by atoms with E-state index in [1.165, 1.54) is 0 Å². The molecule has 0 aromatic carbocycles. The van der Waals surface area contributed by atoms with Crippen molar-refractivity contribution in [3.8, 4) is 0 Å². The summed E-state index contributed by atoms with van der Waals surface area (Å²) in [5.41, 5.74) is 0. The number of likely N-dealkylation sites (tertiary alicyclic amines) is 1. The molecule has 0 radical (unpaired) electrons. The van der Waals surface area contributed by atoms with Crippen LogP contribution in [0.4, 0.5) is 0 Å². The Hall–Kier alpha value is -0.120. The van der Waals surface area contributed by atoms with E-state index in [9.17, 15) is 10.2 Å². The average Bonchev–Trinajstić information content (AvgIpc) is 2.20. The maximum Gasteiger partial charge on any atom is 0.109 e. The molecule has 0 aliphatic carbocycles. The summed E-state index contributed by atoms with van der Waals surface area (Å²) in [6, 6.07) is 0. The molecule has 1 aliphatic rings. The van der Waals surface area contributed by atoms with Gasteiger partial charge in [0.25, 0.3) is 0 Å². The fraction of sp³-hybridized carbons (Fsp3) is 1.00. The molecule has 0 spiro atoms. The summed E-state index contributed by atoms with van der Waals surface area (Å²) in [6.45, 7) is 2.83. The second-order valence-electron chi connectivity index (χ2n) is 2.78. The molecule has 1 fully saturated rings. The van der Waals surface area contributed by atoms with Crippen LogP contribution in [0.5, 0.6) is 0 Å². The molecule has 1 saturated heterocycles. The lowest BCUT2D eigenvalue weighted by Crippen LogP contribution is -2.36. The van der Waals surface area contributed by atoms with Gasteiger partial charge in [0, 0.05) is 6.54 Å². The molecule has 1 rings (SSSR count). The highest BCUT2D eigenvalue weighted by Gasteiger charge is 2.28. The minimum absolute atomic E-state index is 0.407. The van der Waals surface area contributed by atoms with Crippen molar-refractivity contribution >= 4 is 0 Å². The van der Waals surface area contributed by atoms with Gasteiger partial charge in [-0.15, -0.1) is 0 Å². The SMILES string of the molecule is CCCN1C(O)CCC1O. The number of aliphatic hydroxyl groups is 2. The maximum absolute atomic E-state index is 9.26. The van der Waals surface area contributed by atoms with Gasteiger partial charge < -0.3 is 10.2 Å². The van der Waals surface area contributed by atoms with Crippen molar-refractivity contribution in [2.75, 3.05) is 6.54 Å². The first-order chi connectivity index (χ1) is 4.75. The van der Waals surface area contributed by atoms with Crippen LogP contribution in [-0.2, 0) is 0 Å². The summed E-state index contributed by atoms with van der Waals surface area (Å²) in [6.07, 6.45) is 1.58. The Balaban J connectivity index is 2.38. The molecule has 1 aliphatic heterocycles. The molecule has 3 heteroatoms. The van der Waals surface area contributed by atoms with E-state index in [0.717, 1.165) is 13.0 Å². The molecular formula is C7H15NO2. The molecule has 0 aromatic rings. The summed E-state index contributed by atoms with van der Waals surface area (Å²) in [7, 11) is 0. The Morgan fingerprint density at radius 2 is 1.80 bits per heavy atom. The minimum Gasteiger partial charge on any atom is -0.378 e. The predicted molar refractivity (Wildman–Crippen MR) is 38.2 cm³/mol. The summed E-state index contributed by atoms with van der Waals surface area (Å²) in [4.78, 5) is 1.74. The molecule has 0 aromatic heterocycles. The molecule has 3 nitrogen and oxygen atoms in total. The highest BCUT2D eigenvalue weighted by molar-refractivity contribution is 4.73. The van der Waals surface area contributed by atoms with E-state index in [1.807, 2.05) is 6.92 Å². The van der Waals surface area contributed by atoms with E-state index < -0.39 is 12.5 Å². The molecule has 60 valence electrons. The van der Waals surface area contributed by atoms with Gasteiger partial charge in [-0.3, -0.25) is 4.90 Å². The third kappa shape index (κ3) is 1.48. The summed E-state index contributed by atoms with van der Waals surface area (Å²) < 4.78 is 0. The number of hydrogen-bond donors (Lipinski definition) is 2. The lowest BCUT2D eigenvalue weighted by Gasteiger charge is -2.22. The number of rotatable bonds is 2. The van der Waals surface area contributed by atoms with Crippen molar-refractivity contribution in [2.45, 2.75) is 38.6 Å². The van der Waals surface area contributed by atoms with Gasteiger partial charge in [-0.2, -0.15) is 0 Å². The van der Waals surface area contributed by atoms with Crippen LogP contribution in [0.15, 0.2) is 0 Å². The average molecular weight is 145 g/mol. The maximum atomic E-state index is 9.26. The molecular weight excluding hydrogens is 130 g/mol. The van der Waals surface area contributed by atoms with Gasteiger partial charge in [0.2, 0.25) is 0 Å². The highest BCUT2D eigenvalue weighted by atomic mass is 16.3. The minimum atomic E-state index is -0.407. The number of aliphatic hydroxyl groups excluding tert-OH is 2. The predicted octanol–water partition coefficient (Wildman–Crippen LogP) is 0.129. The van der Waals surface area contributed by atoms with Crippen LogP contribution >= 0.6 is 0 Å². The zero-order chi connectivity index (χ0) is 7.56. The Kier molecular flexibility index (Phi) is 2.65. The van der Waals surface area contributed by atoms with Gasteiger partial charge in [0.05, 0.1) is 0 Å². The van der Waals surface area contributed by atoms with Gasteiger partial charge in [0.15, 0.2) is 0 Å². The van der Waals surface area contributed by atoms with Crippen LogP contribution in [0.1, 0.15) is 26.2 Å². The van der Waals surface area contributed by atoms with Crippen molar-refractivity contribution in [1.29, 1.82) is 0 Å². The third-order valence-electron chi connectivity index (χ3n) is 1.93. The zero-order valence-corrected chi connectivity index (χ0v) is 6.32. The molecule has 2 N–H and O–H groups in total. The van der Waals surface area contributed by atoms with E-state index >= 15 is 0 Å². The van der Waals surface area contributed by atoms with Gasteiger partial charge in [-0.1, -0.05) is 6.92 Å². The largest absolute Gasteiger partial charge is 0.378 e. The van der Waals surface area contributed by atoms with Crippen molar-refractivity contribution < 1.29 is 10.2 Å². The van der Waals surface area contributed by atoms with E-state index in [2.05, 4.69) is 0 Å². The van der Waals surface area contributed by atoms with E-state index in [4.69, 9.17) is 0 Å². The van der Waals surface area contributed by atoms with E-state index in [1.54, 1.807) is 4.90 Å². The Bertz CT molecular complexity index is 97.8. The second kappa shape index (κ2) is 3.32. The topological polar surface area (TPSA) is 43.7 Å². The normalized spacial score (nSPS) is 35.1. The Labute approximate surface area is 61.3 Å². The summed E-state index contributed by atoms with van der Waals surface area (Å²) >= 11 is 0. The third-order valence-corrected chi connectivity index (χ3v) is 1.93. The second-order valence-corrected chi connectivity index (χ2v) is 2.78. The first-order valence-electron chi connectivity index (χ1n) is 3.87. The van der Waals surface area contributed by atoms with Crippen LogP contribution in [0.25, 0.3) is 0 Å². The number of hydrogen-bond acceptors (Lipinski definition) is 3. The van der Waals surface area contributed by atoms with Gasteiger partial charge in [0.1, 0.15) is 12.5 Å². The standard InChI is InChI=1S/C7H15NO2/c1-2-5-8-6(9)3-4-7(8)10/h6-7,9-10H,2-5H2,1H3. The lowest BCUT2D eigenvalue weighted by atomic mass is 10.3. The van der Waals surface area contributed by atoms with Crippen molar-refractivity contribution in [3.63, 3.8) is 0 Å². The lowest BCUT2D eigenvalue weighted by molar-refractivity contribution is -0.0524. The molecule has 2 atom stereocenters. The van der Waals surface area contributed by atoms with Crippen LogP contribution < -0.4 is 0 Å². The summed E-state index contributed by atoms with van der Waals surface area (Å²) in [5.74, 6) is 0. The molecule has 2 unspecified atom stereocenters. The quantitative estimate of drug-likeness (QED) is 0.580. The first-order valence-corrected chi connectivity index (χ1v) is 3.87. The number of nitrogens with zero attached hydrogens (tertiary/aromatic N) is 1. The van der Waals surface area contributed by atoms with Gasteiger partial charge >= 0.3 is 0 Å². The monoisotopic (exact) mass is 145 g/mol. The fourth-order valence-electron chi connectivity index (χ4n) is 1.38. The van der Waals surface area contributed by atoms with E-state index in [0.29, 0.717) is 12.8 Å². The van der Waals surface area contributed by atoms with Crippen LogP contribution in [0.3, 0.4) is 0 Å².